The number of aliphatic carboxylic acids is 1. The minimum atomic E-state index is -0.839. The van der Waals surface area contributed by atoms with Gasteiger partial charge in [-0.2, -0.15) is 0 Å². The van der Waals surface area contributed by atoms with Crippen LogP contribution in [-0.2, 0) is 9.59 Å². The van der Waals surface area contributed by atoms with Crippen LogP contribution in [0.2, 0.25) is 0 Å². The molecule has 1 aliphatic carbocycles. The molecule has 1 saturated carbocycles. The highest BCUT2D eigenvalue weighted by atomic mass is 16.5. The largest absolute Gasteiger partial charge is 0.483 e. The molecule has 1 aromatic carbocycles. The molecule has 0 heterocycles. The van der Waals surface area contributed by atoms with Gasteiger partial charge in [0.25, 0.3) is 5.91 Å². The second kappa shape index (κ2) is 6.16. The van der Waals surface area contributed by atoms with Crippen LogP contribution in [-0.4, -0.2) is 30.1 Å². The van der Waals surface area contributed by atoms with Gasteiger partial charge in [-0.05, 0) is 30.4 Å². The van der Waals surface area contributed by atoms with Gasteiger partial charge in [-0.3, -0.25) is 9.59 Å². The third-order valence-corrected chi connectivity index (χ3v) is 3.83. The lowest BCUT2D eigenvalue weighted by Crippen LogP contribution is -2.36. The Kier molecular flexibility index (Phi) is 4.50. The summed E-state index contributed by atoms with van der Waals surface area (Å²) in [6, 6.07) is 7.61. The lowest BCUT2D eigenvalue weighted by molar-refractivity contribution is -0.143. The fourth-order valence-corrected chi connectivity index (χ4v) is 2.17. The topological polar surface area (TPSA) is 75.6 Å². The molecule has 1 amide bonds. The summed E-state index contributed by atoms with van der Waals surface area (Å²) < 4.78 is 5.55. The number of para-hydroxylation sites is 1. The highest BCUT2D eigenvalue weighted by Gasteiger charge is 2.50. The molecule has 0 bridgehead atoms. The molecular formula is C16H21NO4. The molecule has 5 heteroatoms. The third kappa shape index (κ3) is 3.74. The van der Waals surface area contributed by atoms with Crippen molar-refractivity contribution in [2.45, 2.75) is 32.6 Å². The quantitative estimate of drug-likeness (QED) is 0.807. The molecule has 0 aromatic heterocycles. The zero-order valence-electron chi connectivity index (χ0n) is 12.4. The minimum absolute atomic E-state index is 0.0978. The first kappa shape index (κ1) is 15.4. The SMILES string of the molecule is CC(C)c1ccccc1OCC(=O)NCC1(C(=O)O)CC1. The van der Waals surface area contributed by atoms with E-state index in [-0.39, 0.29) is 19.1 Å². The number of carboxylic acids is 1. The normalized spacial score (nSPS) is 15.6. The number of hydrogen-bond donors (Lipinski definition) is 2. The highest BCUT2D eigenvalue weighted by molar-refractivity contribution is 5.81. The van der Waals surface area contributed by atoms with Crippen molar-refractivity contribution in [3.63, 3.8) is 0 Å². The van der Waals surface area contributed by atoms with Crippen LogP contribution in [0.1, 0.15) is 38.2 Å². The van der Waals surface area contributed by atoms with E-state index in [2.05, 4.69) is 19.2 Å². The van der Waals surface area contributed by atoms with Crippen LogP contribution in [0.4, 0.5) is 0 Å². The number of carbonyl (C=O) groups excluding carboxylic acids is 1. The first-order valence-electron chi connectivity index (χ1n) is 7.16. The van der Waals surface area contributed by atoms with E-state index in [1.165, 1.54) is 0 Å². The molecule has 0 aliphatic heterocycles. The summed E-state index contributed by atoms with van der Waals surface area (Å²) in [5.41, 5.74) is 0.306. The maximum Gasteiger partial charge on any atom is 0.311 e. The Bertz CT molecular complexity index is 535. The van der Waals surface area contributed by atoms with Gasteiger partial charge in [0.1, 0.15) is 5.75 Å². The number of rotatable bonds is 7. The molecule has 0 atom stereocenters. The van der Waals surface area contributed by atoms with Crippen molar-refractivity contribution in [2.75, 3.05) is 13.2 Å². The zero-order valence-corrected chi connectivity index (χ0v) is 12.4. The fraction of sp³-hybridized carbons (Fsp3) is 0.500. The Balaban J connectivity index is 1.83. The average Bonchev–Trinajstić information content (AvgIpc) is 3.24. The van der Waals surface area contributed by atoms with Gasteiger partial charge in [0.2, 0.25) is 0 Å². The number of amides is 1. The molecule has 1 fully saturated rings. The summed E-state index contributed by atoms with van der Waals surface area (Å²) in [7, 11) is 0. The second-order valence-corrected chi connectivity index (χ2v) is 5.84. The van der Waals surface area contributed by atoms with Crippen LogP contribution < -0.4 is 10.1 Å². The maximum atomic E-state index is 11.8. The zero-order chi connectivity index (χ0) is 15.5. The van der Waals surface area contributed by atoms with Crippen molar-refractivity contribution in [2.24, 2.45) is 5.41 Å². The van der Waals surface area contributed by atoms with E-state index in [0.29, 0.717) is 24.5 Å². The lowest BCUT2D eigenvalue weighted by atomic mass is 10.0. The number of carbonyl (C=O) groups is 2. The van der Waals surface area contributed by atoms with E-state index < -0.39 is 11.4 Å². The van der Waals surface area contributed by atoms with Crippen LogP contribution in [0.25, 0.3) is 0 Å². The first-order valence-corrected chi connectivity index (χ1v) is 7.16. The molecule has 0 spiro atoms. The molecule has 21 heavy (non-hydrogen) atoms. The van der Waals surface area contributed by atoms with E-state index in [1.54, 1.807) is 0 Å². The number of carboxylic acid groups (broad SMARTS) is 1. The lowest BCUT2D eigenvalue weighted by Gasteiger charge is -2.15. The molecule has 1 aromatic rings. The van der Waals surface area contributed by atoms with Crippen molar-refractivity contribution in [3.8, 4) is 5.75 Å². The van der Waals surface area contributed by atoms with E-state index >= 15 is 0 Å². The molecule has 1 aliphatic rings. The number of benzene rings is 1. The first-order chi connectivity index (χ1) is 9.94. The fourth-order valence-electron chi connectivity index (χ4n) is 2.17. The van der Waals surface area contributed by atoms with E-state index in [9.17, 15) is 9.59 Å². The van der Waals surface area contributed by atoms with Crippen LogP contribution in [0.15, 0.2) is 24.3 Å². The predicted molar refractivity (Wildman–Crippen MR) is 78.3 cm³/mol. The summed E-state index contributed by atoms with van der Waals surface area (Å²) in [6.07, 6.45) is 1.25. The average molecular weight is 291 g/mol. The van der Waals surface area contributed by atoms with E-state index in [4.69, 9.17) is 9.84 Å². The molecule has 2 N–H and O–H groups in total. The van der Waals surface area contributed by atoms with E-state index in [0.717, 1.165) is 5.56 Å². The number of hydrogen-bond acceptors (Lipinski definition) is 3. The standard InChI is InChI=1S/C16H21NO4/c1-11(2)12-5-3-4-6-13(12)21-9-14(18)17-10-16(7-8-16)15(19)20/h3-6,11H,7-10H2,1-2H3,(H,17,18)(H,19,20). The Labute approximate surface area is 124 Å². The van der Waals surface area contributed by atoms with Crippen LogP contribution in [0, 0.1) is 5.41 Å². The van der Waals surface area contributed by atoms with Crippen molar-refractivity contribution < 1.29 is 19.4 Å². The monoisotopic (exact) mass is 291 g/mol. The Morgan fingerprint density at radius 1 is 1.33 bits per heavy atom. The number of nitrogens with one attached hydrogen (secondary N) is 1. The molecule has 0 unspecified atom stereocenters. The molecular weight excluding hydrogens is 270 g/mol. The van der Waals surface area contributed by atoms with Crippen molar-refractivity contribution in [1.29, 1.82) is 0 Å². The van der Waals surface area contributed by atoms with Gasteiger partial charge in [-0.15, -0.1) is 0 Å². The molecule has 2 rings (SSSR count). The molecule has 5 nitrogen and oxygen atoms in total. The summed E-state index contributed by atoms with van der Waals surface area (Å²) in [5, 5.41) is 11.7. The number of ether oxygens (including phenoxy) is 1. The summed E-state index contributed by atoms with van der Waals surface area (Å²) in [4.78, 5) is 22.8. The van der Waals surface area contributed by atoms with Crippen molar-refractivity contribution >= 4 is 11.9 Å². The Morgan fingerprint density at radius 2 is 2.00 bits per heavy atom. The summed E-state index contributed by atoms with van der Waals surface area (Å²) >= 11 is 0. The van der Waals surface area contributed by atoms with Gasteiger partial charge in [0.15, 0.2) is 6.61 Å². The Hall–Kier alpha value is -2.04. The minimum Gasteiger partial charge on any atom is -0.483 e. The van der Waals surface area contributed by atoms with Gasteiger partial charge < -0.3 is 15.2 Å². The van der Waals surface area contributed by atoms with Gasteiger partial charge in [0.05, 0.1) is 5.41 Å². The molecule has 114 valence electrons. The molecule has 0 saturated heterocycles. The summed E-state index contributed by atoms with van der Waals surface area (Å²) in [5.74, 6) is -0.122. The van der Waals surface area contributed by atoms with Crippen molar-refractivity contribution in [1.82, 2.24) is 5.32 Å². The summed E-state index contributed by atoms with van der Waals surface area (Å²) in [6.45, 7) is 4.20. The third-order valence-electron chi connectivity index (χ3n) is 3.83. The van der Waals surface area contributed by atoms with E-state index in [1.807, 2.05) is 24.3 Å². The van der Waals surface area contributed by atoms with Crippen LogP contribution >= 0.6 is 0 Å². The van der Waals surface area contributed by atoms with Gasteiger partial charge in [0, 0.05) is 6.54 Å². The molecule has 0 radical (unpaired) electrons. The maximum absolute atomic E-state index is 11.8. The van der Waals surface area contributed by atoms with Gasteiger partial charge >= 0.3 is 5.97 Å². The van der Waals surface area contributed by atoms with Crippen LogP contribution in [0.3, 0.4) is 0 Å². The highest BCUT2D eigenvalue weighted by Crippen LogP contribution is 2.45. The van der Waals surface area contributed by atoms with Gasteiger partial charge in [-0.25, -0.2) is 0 Å². The Morgan fingerprint density at radius 3 is 2.57 bits per heavy atom. The predicted octanol–water partition coefficient (Wildman–Crippen LogP) is 2.17. The smallest absolute Gasteiger partial charge is 0.311 e. The van der Waals surface area contributed by atoms with Gasteiger partial charge in [-0.1, -0.05) is 32.0 Å². The second-order valence-electron chi connectivity index (χ2n) is 5.84. The van der Waals surface area contributed by atoms with Crippen LogP contribution in [0.5, 0.6) is 5.75 Å². The van der Waals surface area contributed by atoms with Crippen molar-refractivity contribution in [3.05, 3.63) is 29.8 Å².